The van der Waals surface area contributed by atoms with Crippen LogP contribution in [0.5, 0.6) is 0 Å². The van der Waals surface area contributed by atoms with E-state index in [1.165, 1.54) is 77.2 Å². The maximum absolute atomic E-state index is 4.59. The maximum atomic E-state index is 4.59. The Bertz CT molecular complexity index is 2720. The summed E-state index contributed by atoms with van der Waals surface area (Å²) in [5.74, 6) is 0. The van der Waals surface area contributed by atoms with Crippen LogP contribution >= 0.6 is 0 Å². The van der Waals surface area contributed by atoms with Gasteiger partial charge in [0.15, 0.2) is 0 Å². The Kier molecular flexibility index (Phi) is 5.97. The zero-order chi connectivity index (χ0) is 33.5. The van der Waals surface area contributed by atoms with Gasteiger partial charge in [-0.1, -0.05) is 152 Å². The molecule has 7 aromatic carbocycles. The summed E-state index contributed by atoms with van der Waals surface area (Å²) >= 11 is 0. The normalized spacial score (nSPS) is 16.0. The summed E-state index contributed by atoms with van der Waals surface area (Å²) in [6.07, 6.45) is 8.30. The predicted octanol–water partition coefficient (Wildman–Crippen LogP) is 11.6. The van der Waals surface area contributed by atoms with Gasteiger partial charge in [-0.15, -0.1) is 0 Å². The van der Waals surface area contributed by atoms with Crippen molar-refractivity contribution in [3.8, 4) is 33.4 Å². The van der Waals surface area contributed by atoms with Crippen molar-refractivity contribution in [3.63, 3.8) is 0 Å². The van der Waals surface area contributed by atoms with Gasteiger partial charge in [0, 0.05) is 11.9 Å². The molecule has 0 amide bonds. The highest BCUT2D eigenvalue weighted by atomic mass is 15.0. The van der Waals surface area contributed by atoms with Crippen molar-refractivity contribution in [1.29, 1.82) is 0 Å². The maximum Gasteiger partial charge on any atom is 0.0873 e. The molecular formula is C49H32N2. The van der Waals surface area contributed by atoms with E-state index in [9.17, 15) is 0 Å². The van der Waals surface area contributed by atoms with Gasteiger partial charge in [0.25, 0.3) is 0 Å². The third-order valence-corrected chi connectivity index (χ3v) is 11.4. The van der Waals surface area contributed by atoms with Gasteiger partial charge in [-0.05, 0) is 107 Å². The quantitative estimate of drug-likeness (QED) is 0.206. The largest absolute Gasteiger partial charge is 0.373 e. The summed E-state index contributed by atoms with van der Waals surface area (Å²) in [5, 5.41) is 8.86. The zero-order valence-electron chi connectivity index (χ0n) is 27.8. The van der Waals surface area contributed by atoms with Gasteiger partial charge < -0.3 is 5.32 Å². The number of fused-ring (bicyclic) bond motifs is 14. The lowest BCUT2D eigenvalue weighted by atomic mass is 9.69. The van der Waals surface area contributed by atoms with Crippen molar-refractivity contribution >= 4 is 27.2 Å². The lowest BCUT2D eigenvalue weighted by molar-refractivity contribution is 0.736. The topological polar surface area (TPSA) is 24.9 Å². The minimum absolute atomic E-state index is 0.0394. The molecule has 0 saturated carbocycles. The SMILES string of the molecule is C1=CC(c2ccccn2)NC(c2ccc(-c3cc4c(c5ccccc35)-c3ccc5ccccc5c3C43c4ccccc4-c4ccccc43)cc2)=C1. The standard InChI is InChI=1S/C49H32N2/c1-2-13-34-31(12-1)27-28-39-47-38-17-4-3-14-35(38)40(32-23-25-33(26-24-32)44-21-11-22-46(51-44)45-20-9-10-29-50-45)30-43(47)49(48(34)39)41-18-7-5-15-36(41)37-16-6-8-19-42(37)49/h1-30,46,51H. The second-order valence-corrected chi connectivity index (χ2v) is 13.9. The van der Waals surface area contributed by atoms with Gasteiger partial charge in [0.05, 0.1) is 17.2 Å². The number of nitrogens with zero attached hydrogens (tertiary/aromatic N) is 1. The van der Waals surface area contributed by atoms with Crippen LogP contribution in [0, 0.1) is 0 Å². The minimum atomic E-state index is -0.443. The summed E-state index contributed by atoms with van der Waals surface area (Å²) in [6, 6.07) is 58.6. The van der Waals surface area contributed by atoms with Crippen LogP contribution in [0.3, 0.4) is 0 Å². The van der Waals surface area contributed by atoms with E-state index in [-0.39, 0.29) is 6.04 Å². The fourth-order valence-electron chi connectivity index (χ4n) is 9.28. The first-order chi connectivity index (χ1) is 25.3. The first-order valence-electron chi connectivity index (χ1n) is 17.8. The van der Waals surface area contributed by atoms with Crippen molar-refractivity contribution in [3.05, 3.63) is 216 Å². The molecule has 1 aliphatic heterocycles. The van der Waals surface area contributed by atoms with Gasteiger partial charge in [0.1, 0.15) is 0 Å². The van der Waals surface area contributed by atoms with Crippen LogP contribution in [0.25, 0.3) is 60.6 Å². The number of rotatable bonds is 3. The molecule has 238 valence electrons. The van der Waals surface area contributed by atoms with E-state index in [2.05, 4.69) is 174 Å². The van der Waals surface area contributed by atoms with Crippen LogP contribution in [0.4, 0.5) is 0 Å². The number of benzene rings is 7. The smallest absolute Gasteiger partial charge is 0.0873 e. The van der Waals surface area contributed by atoms with Crippen LogP contribution in [0.2, 0.25) is 0 Å². The van der Waals surface area contributed by atoms with E-state index in [1.807, 2.05) is 18.3 Å². The Labute approximate surface area is 297 Å². The number of pyridine rings is 1. The molecule has 0 radical (unpaired) electrons. The molecule has 2 heteroatoms. The molecule has 2 nitrogen and oxygen atoms in total. The van der Waals surface area contributed by atoms with Crippen molar-refractivity contribution < 1.29 is 0 Å². The Morgan fingerprint density at radius 3 is 1.94 bits per heavy atom. The van der Waals surface area contributed by atoms with Crippen LogP contribution in [0.15, 0.2) is 182 Å². The Hall–Kier alpha value is -6.51. The second kappa shape index (κ2) is 10.7. The highest BCUT2D eigenvalue weighted by Gasteiger charge is 2.53. The first kappa shape index (κ1) is 28.3. The molecule has 1 aromatic heterocycles. The summed E-state index contributed by atoms with van der Waals surface area (Å²) in [6.45, 7) is 0. The van der Waals surface area contributed by atoms with Crippen LogP contribution in [0.1, 0.15) is 39.6 Å². The average molecular weight is 649 g/mol. The number of hydrogen-bond donors (Lipinski definition) is 1. The molecule has 1 unspecified atom stereocenters. The van der Waals surface area contributed by atoms with Gasteiger partial charge in [-0.25, -0.2) is 0 Å². The number of hydrogen-bond acceptors (Lipinski definition) is 2. The van der Waals surface area contributed by atoms with E-state index in [1.54, 1.807) is 0 Å². The molecule has 2 aliphatic carbocycles. The molecule has 3 aliphatic rings. The van der Waals surface area contributed by atoms with Crippen LogP contribution in [-0.4, -0.2) is 4.98 Å². The lowest BCUT2D eigenvalue weighted by Crippen LogP contribution is -2.26. The predicted molar refractivity (Wildman–Crippen MR) is 210 cm³/mol. The number of dihydropyridines is 1. The number of nitrogens with one attached hydrogen (secondary N) is 1. The van der Waals surface area contributed by atoms with Crippen LogP contribution in [-0.2, 0) is 5.41 Å². The Balaban J connectivity index is 1.15. The first-order valence-corrected chi connectivity index (χ1v) is 17.8. The highest BCUT2D eigenvalue weighted by molar-refractivity contribution is 6.14. The van der Waals surface area contributed by atoms with Crippen molar-refractivity contribution in [1.82, 2.24) is 10.3 Å². The molecule has 0 fully saturated rings. The molecule has 0 saturated heterocycles. The molecular weight excluding hydrogens is 617 g/mol. The Morgan fingerprint density at radius 1 is 0.510 bits per heavy atom. The van der Waals surface area contributed by atoms with E-state index >= 15 is 0 Å². The third-order valence-electron chi connectivity index (χ3n) is 11.4. The van der Waals surface area contributed by atoms with Crippen molar-refractivity contribution in [2.45, 2.75) is 11.5 Å². The van der Waals surface area contributed by atoms with E-state index in [0.717, 1.165) is 17.0 Å². The number of allylic oxidation sites excluding steroid dienone is 2. The molecule has 1 spiro atoms. The summed E-state index contributed by atoms with van der Waals surface area (Å²) in [7, 11) is 0. The van der Waals surface area contributed by atoms with Gasteiger partial charge >= 0.3 is 0 Å². The van der Waals surface area contributed by atoms with Gasteiger partial charge in [0.2, 0.25) is 0 Å². The third kappa shape index (κ3) is 3.90. The van der Waals surface area contributed by atoms with Crippen molar-refractivity contribution in [2.75, 3.05) is 0 Å². The highest BCUT2D eigenvalue weighted by Crippen LogP contribution is 2.65. The van der Waals surface area contributed by atoms with E-state index in [4.69, 9.17) is 0 Å². The molecule has 8 aromatic rings. The monoisotopic (exact) mass is 648 g/mol. The fraction of sp³-hybridized carbons (Fsp3) is 0.0408. The zero-order valence-corrected chi connectivity index (χ0v) is 27.8. The number of aromatic nitrogens is 1. The molecule has 11 rings (SSSR count). The molecule has 51 heavy (non-hydrogen) atoms. The lowest BCUT2D eigenvalue weighted by Gasteiger charge is -2.32. The van der Waals surface area contributed by atoms with Crippen LogP contribution < -0.4 is 5.32 Å². The molecule has 1 atom stereocenters. The van der Waals surface area contributed by atoms with Gasteiger partial charge in [-0.2, -0.15) is 0 Å². The summed E-state index contributed by atoms with van der Waals surface area (Å²) < 4.78 is 0. The summed E-state index contributed by atoms with van der Waals surface area (Å²) in [5.41, 5.74) is 16.1. The molecule has 0 bridgehead atoms. The molecule has 1 N–H and O–H groups in total. The summed E-state index contributed by atoms with van der Waals surface area (Å²) in [4.78, 5) is 4.59. The Morgan fingerprint density at radius 2 is 1.18 bits per heavy atom. The van der Waals surface area contributed by atoms with Crippen molar-refractivity contribution in [2.24, 2.45) is 0 Å². The second-order valence-electron chi connectivity index (χ2n) is 13.9. The molecule has 2 heterocycles. The minimum Gasteiger partial charge on any atom is -0.373 e. The fourth-order valence-corrected chi connectivity index (χ4v) is 9.28. The average Bonchev–Trinajstić information content (AvgIpc) is 3.68. The van der Waals surface area contributed by atoms with E-state index < -0.39 is 5.41 Å². The van der Waals surface area contributed by atoms with Gasteiger partial charge in [-0.3, -0.25) is 4.98 Å². The van der Waals surface area contributed by atoms with E-state index in [0.29, 0.717) is 0 Å².